The standard InChI is InChI=1S/C7H8F2N2O/c8-7(9)2-1-5(3-7)6-10-4-12-11-6/h4-5H,1-3H2. The largest absolute Gasteiger partial charge is 0.343 e. The minimum Gasteiger partial charge on any atom is -0.343 e. The quantitative estimate of drug-likeness (QED) is 0.653. The first-order chi connectivity index (χ1) is 5.67. The average molecular weight is 174 g/mol. The SMILES string of the molecule is FC1(F)CCC(c2ncon2)C1. The van der Waals surface area contributed by atoms with Crippen molar-refractivity contribution in [2.45, 2.75) is 31.1 Å². The first kappa shape index (κ1) is 7.64. The summed E-state index contributed by atoms with van der Waals surface area (Å²) in [7, 11) is 0. The summed E-state index contributed by atoms with van der Waals surface area (Å²) in [6.07, 6.45) is 1.41. The van der Waals surface area contributed by atoms with Gasteiger partial charge in [0.25, 0.3) is 0 Å². The topological polar surface area (TPSA) is 38.9 Å². The molecule has 1 heterocycles. The number of halogens is 2. The Morgan fingerprint density at radius 3 is 2.92 bits per heavy atom. The molecule has 3 nitrogen and oxygen atoms in total. The Labute approximate surface area is 67.8 Å². The minimum absolute atomic E-state index is 0.0633. The van der Waals surface area contributed by atoms with Crippen molar-refractivity contribution in [1.29, 1.82) is 0 Å². The van der Waals surface area contributed by atoms with E-state index in [1.54, 1.807) is 0 Å². The second kappa shape index (κ2) is 2.50. The zero-order valence-corrected chi connectivity index (χ0v) is 6.33. The normalized spacial score (nSPS) is 27.7. The molecule has 1 aliphatic rings. The fraction of sp³-hybridized carbons (Fsp3) is 0.714. The van der Waals surface area contributed by atoms with E-state index in [1.165, 1.54) is 6.39 Å². The molecule has 0 N–H and O–H groups in total. The molecular weight excluding hydrogens is 166 g/mol. The predicted molar refractivity (Wildman–Crippen MR) is 35.8 cm³/mol. The third-order valence-corrected chi connectivity index (χ3v) is 2.15. The van der Waals surface area contributed by atoms with Crippen molar-refractivity contribution in [3.05, 3.63) is 12.2 Å². The Bertz CT molecular complexity index is 260. The minimum atomic E-state index is -2.54. The molecule has 1 atom stereocenters. The lowest BCUT2D eigenvalue weighted by atomic mass is 10.1. The van der Waals surface area contributed by atoms with Crippen LogP contribution in [0.3, 0.4) is 0 Å². The van der Waals surface area contributed by atoms with Crippen molar-refractivity contribution >= 4 is 0 Å². The maximum absolute atomic E-state index is 12.7. The molecule has 1 fully saturated rings. The molecule has 12 heavy (non-hydrogen) atoms. The van der Waals surface area contributed by atoms with Crippen LogP contribution in [0.25, 0.3) is 0 Å². The molecule has 5 heteroatoms. The lowest BCUT2D eigenvalue weighted by Gasteiger charge is -2.06. The Morgan fingerprint density at radius 2 is 2.42 bits per heavy atom. The lowest BCUT2D eigenvalue weighted by Crippen LogP contribution is -2.09. The van der Waals surface area contributed by atoms with E-state index < -0.39 is 5.92 Å². The highest BCUT2D eigenvalue weighted by Crippen LogP contribution is 2.42. The van der Waals surface area contributed by atoms with E-state index in [2.05, 4.69) is 14.7 Å². The van der Waals surface area contributed by atoms with Gasteiger partial charge in [0.2, 0.25) is 12.3 Å². The van der Waals surface area contributed by atoms with Gasteiger partial charge in [-0.1, -0.05) is 5.16 Å². The summed E-state index contributed by atoms with van der Waals surface area (Å²) in [4.78, 5) is 3.75. The fourth-order valence-electron chi connectivity index (χ4n) is 1.53. The lowest BCUT2D eigenvalue weighted by molar-refractivity contribution is 0.00750. The summed E-state index contributed by atoms with van der Waals surface area (Å²) in [6, 6.07) is 0. The average Bonchev–Trinajstić information content (AvgIpc) is 2.55. The highest BCUT2D eigenvalue weighted by atomic mass is 19.3. The van der Waals surface area contributed by atoms with Gasteiger partial charge in [-0.25, -0.2) is 8.78 Å². The van der Waals surface area contributed by atoms with Crippen LogP contribution in [0, 0.1) is 0 Å². The number of aromatic nitrogens is 2. The van der Waals surface area contributed by atoms with Crippen LogP contribution in [0.15, 0.2) is 10.9 Å². The van der Waals surface area contributed by atoms with E-state index in [4.69, 9.17) is 0 Å². The highest BCUT2D eigenvalue weighted by Gasteiger charge is 2.41. The van der Waals surface area contributed by atoms with Gasteiger partial charge in [-0.3, -0.25) is 0 Å². The first-order valence-corrected chi connectivity index (χ1v) is 3.81. The fourth-order valence-corrected chi connectivity index (χ4v) is 1.53. The molecule has 0 amide bonds. The third-order valence-electron chi connectivity index (χ3n) is 2.15. The Hall–Kier alpha value is -1.00. The zero-order valence-electron chi connectivity index (χ0n) is 6.33. The van der Waals surface area contributed by atoms with E-state index in [9.17, 15) is 8.78 Å². The molecule has 2 rings (SSSR count). The summed E-state index contributed by atoms with van der Waals surface area (Å²) in [5.74, 6) is -2.35. The molecule has 1 unspecified atom stereocenters. The molecule has 0 saturated heterocycles. The molecular formula is C7H8F2N2O. The first-order valence-electron chi connectivity index (χ1n) is 3.81. The number of rotatable bonds is 1. The highest BCUT2D eigenvalue weighted by molar-refractivity contribution is 4.99. The van der Waals surface area contributed by atoms with Crippen LogP contribution in [0.1, 0.15) is 31.0 Å². The van der Waals surface area contributed by atoms with Gasteiger partial charge in [-0.05, 0) is 6.42 Å². The van der Waals surface area contributed by atoms with E-state index in [0.29, 0.717) is 12.2 Å². The number of hydrogen-bond donors (Lipinski definition) is 0. The molecule has 66 valence electrons. The van der Waals surface area contributed by atoms with Crippen LogP contribution < -0.4 is 0 Å². The molecule has 0 radical (unpaired) electrons. The van der Waals surface area contributed by atoms with Crippen LogP contribution in [0.5, 0.6) is 0 Å². The van der Waals surface area contributed by atoms with Crippen molar-refractivity contribution in [2.24, 2.45) is 0 Å². The summed E-state index contributed by atoms with van der Waals surface area (Å²) in [5, 5.41) is 3.54. The molecule has 1 aromatic rings. The second-order valence-corrected chi connectivity index (χ2v) is 3.09. The zero-order chi connectivity index (χ0) is 8.60. The van der Waals surface area contributed by atoms with E-state index in [1.807, 2.05) is 0 Å². The molecule has 0 aliphatic heterocycles. The summed E-state index contributed by atoms with van der Waals surface area (Å²) in [6.45, 7) is 0. The molecule has 1 aliphatic carbocycles. The van der Waals surface area contributed by atoms with E-state index >= 15 is 0 Å². The number of nitrogens with zero attached hydrogens (tertiary/aromatic N) is 2. The molecule has 0 spiro atoms. The Kier molecular flexibility index (Phi) is 1.59. The van der Waals surface area contributed by atoms with Crippen LogP contribution >= 0.6 is 0 Å². The van der Waals surface area contributed by atoms with Crippen LogP contribution in [0.2, 0.25) is 0 Å². The molecule has 0 aromatic carbocycles. The summed E-state index contributed by atoms with van der Waals surface area (Å²) < 4.78 is 29.9. The summed E-state index contributed by atoms with van der Waals surface area (Å²) >= 11 is 0. The van der Waals surface area contributed by atoms with E-state index in [-0.39, 0.29) is 18.8 Å². The molecule has 1 saturated carbocycles. The van der Waals surface area contributed by atoms with Gasteiger partial charge < -0.3 is 4.52 Å². The van der Waals surface area contributed by atoms with Gasteiger partial charge in [0, 0.05) is 18.8 Å². The van der Waals surface area contributed by atoms with Crippen molar-refractivity contribution < 1.29 is 13.3 Å². The van der Waals surface area contributed by atoms with Crippen LogP contribution in [-0.4, -0.2) is 16.1 Å². The van der Waals surface area contributed by atoms with Crippen LogP contribution in [-0.2, 0) is 0 Å². The van der Waals surface area contributed by atoms with E-state index in [0.717, 1.165) is 0 Å². The maximum atomic E-state index is 12.7. The maximum Gasteiger partial charge on any atom is 0.248 e. The molecule has 0 bridgehead atoms. The molecule has 1 aromatic heterocycles. The van der Waals surface area contributed by atoms with Crippen molar-refractivity contribution in [2.75, 3.05) is 0 Å². The number of hydrogen-bond acceptors (Lipinski definition) is 3. The van der Waals surface area contributed by atoms with Crippen molar-refractivity contribution in [3.8, 4) is 0 Å². The number of alkyl halides is 2. The van der Waals surface area contributed by atoms with Gasteiger partial charge in [0.1, 0.15) is 0 Å². The second-order valence-electron chi connectivity index (χ2n) is 3.09. The van der Waals surface area contributed by atoms with Gasteiger partial charge in [0.15, 0.2) is 5.82 Å². The Balaban J connectivity index is 2.10. The smallest absolute Gasteiger partial charge is 0.248 e. The van der Waals surface area contributed by atoms with Gasteiger partial charge in [-0.15, -0.1) is 0 Å². The van der Waals surface area contributed by atoms with Gasteiger partial charge in [0.05, 0.1) is 0 Å². The van der Waals surface area contributed by atoms with Gasteiger partial charge in [-0.2, -0.15) is 4.98 Å². The van der Waals surface area contributed by atoms with Crippen molar-refractivity contribution in [1.82, 2.24) is 10.1 Å². The van der Waals surface area contributed by atoms with Crippen LogP contribution in [0.4, 0.5) is 8.78 Å². The predicted octanol–water partition coefficient (Wildman–Crippen LogP) is 1.97. The van der Waals surface area contributed by atoms with Crippen molar-refractivity contribution in [3.63, 3.8) is 0 Å². The third kappa shape index (κ3) is 1.31. The Morgan fingerprint density at radius 1 is 1.58 bits per heavy atom. The summed E-state index contributed by atoms with van der Waals surface area (Å²) in [5.41, 5.74) is 0. The monoisotopic (exact) mass is 174 g/mol. The van der Waals surface area contributed by atoms with Gasteiger partial charge >= 0.3 is 0 Å².